The van der Waals surface area contributed by atoms with Crippen LogP contribution < -0.4 is 5.73 Å². The van der Waals surface area contributed by atoms with Crippen molar-refractivity contribution in [2.24, 2.45) is 5.73 Å². The van der Waals surface area contributed by atoms with Crippen molar-refractivity contribution in [3.63, 3.8) is 0 Å². The number of urea groups is 1. The van der Waals surface area contributed by atoms with Gasteiger partial charge in [-0.1, -0.05) is 0 Å². The molecule has 0 aromatic rings. The van der Waals surface area contributed by atoms with Crippen molar-refractivity contribution in [3.05, 3.63) is 0 Å². The average molecular weight is 243 g/mol. The van der Waals surface area contributed by atoms with Gasteiger partial charge in [0.2, 0.25) is 5.91 Å². The number of carboxylic acids is 1. The first-order valence-electron chi connectivity index (χ1n) is 5.54. The highest BCUT2D eigenvalue weighted by Crippen LogP contribution is 2.19. The molecule has 96 valence electrons. The number of carbonyl (C=O) groups excluding carboxylic acids is 2. The normalized spacial score (nSPS) is 19.1. The number of nitrogens with zero attached hydrogens (tertiary/aromatic N) is 2. The van der Waals surface area contributed by atoms with Crippen LogP contribution in [0, 0.1) is 0 Å². The third-order valence-electron chi connectivity index (χ3n) is 2.78. The van der Waals surface area contributed by atoms with E-state index >= 15 is 0 Å². The van der Waals surface area contributed by atoms with Crippen LogP contribution in [0.25, 0.3) is 0 Å². The standard InChI is InChI=1S/C10H17N3O4/c1-2-12(6-8(11)14)10(17)13-5-3-4-7(13)9(15)16/h7H,2-6H2,1H3,(H2,11,14)(H,15,16)/t7-/m0/s1. The summed E-state index contributed by atoms with van der Waals surface area (Å²) in [4.78, 5) is 36.3. The highest BCUT2D eigenvalue weighted by Gasteiger charge is 2.36. The molecule has 0 bridgehead atoms. The van der Waals surface area contributed by atoms with Gasteiger partial charge in [0.15, 0.2) is 0 Å². The SMILES string of the molecule is CCN(CC(N)=O)C(=O)N1CCC[C@H]1C(=O)O. The minimum atomic E-state index is -1.01. The predicted octanol–water partition coefficient (Wildman–Crippen LogP) is -0.537. The van der Waals surface area contributed by atoms with Crippen molar-refractivity contribution in [1.82, 2.24) is 9.80 Å². The fourth-order valence-corrected chi connectivity index (χ4v) is 1.94. The lowest BCUT2D eigenvalue weighted by Crippen LogP contribution is -2.50. The first-order chi connectivity index (χ1) is 7.97. The highest BCUT2D eigenvalue weighted by molar-refractivity contribution is 5.86. The van der Waals surface area contributed by atoms with Crippen molar-refractivity contribution in [1.29, 1.82) is 0 Å². The zero-order chi connectivity index (χ0) is 13.0. The van der Waals surface area contributed by atoms with Gasteiger partial charge in [0.1, 0.15) is 12.6 Å². The predicted molar refractivity (Wildman–Crippen MR) is 59.2 cm³/mol. The molecule has 0 unspecified atom stereocenters. The Kier molecular flexibility index (Phi) is 4.30. The Labute approximate surface area is 99.2 Å². The molecule has 7 heteroatoms. The van der Waals surface area contributed by atoms with Gasteiger partial charge in [-0.25, -0.2) is 9.59 Å². The molecule has 1 rings (SSSR count). The van der Waals surface area contributed by atoms with Gasteiger partial charge in [0, 0.05) is 13.1 Å². The van der Waals surface area contributed by atoms with E-state index in [4.69, 9.17) is 10.8 Å². The number of rotatable bonds is 4. The Morgan fingerprint density at radius 3 is 2.59 bits per heavy atom. The molecule has 7 nitrogen and oxygen atoms in total. The molecule has 0 aliphatic carbocycles. The Bertz CT molecular complexity index is 332. The number of aliphatic carboxylic acids is 1. The van der Waals surface area contributed by atoms with Crippen molar-refractivity contribution in [2.75, 3.05) is 19.6 Å². The van der Waals surface area contributed by atoms with Crippen LogP contribution in [-0.2, 0) is 9.59 Å². The number of hydrogen-bond donors (Lipinski definition) is 2. The number of amides is 3. The zero-order valence-corrected chi connectivity index (χ0v) is 9.76. The molecule has 1 aliphatic heterocycles. The van der Waals surface area contributed by atoms with Crippen LogP contribution in [-0.4, -0.2) is 58.5 Å². The Hall–Kier alpha value is -1.79. The summed E-state index contributed by atoms with van der Waals surface area (Å²) < 4.78 is 0. The summed E-state index contributed by atoms with van der Waals surface area (Å²) in [5, 5.41) is 8.96. The molecule has 0 aromatic heterocycles. The first-order valence-corrected chi connectivity index (χ1v) is 5.54. The number of hydrogen-bond acceptors (Lipinski definition) is 3. The van der Waals surface area contributed by atoms with Gasteiger partial charge >= 0.3 is 12.0 Å². The second-order valence-electron chi connectivity index (χ2n) is 3.95. The molecule has 0 saturated carbocycles. The molecule has 0 radical (unpaired) electrons. The van der Waals surface area contributed by atoms with Crippen molar-refractivity contribution < 1.29 is 19.5 Å². The van der Waals surface area contributed by atoms with E-state index in [1.54, 1.807) is 6.92 Å². The molecule has 1 atom stereocenters. The van der Waals surface area contributed by atoms with Gasteiger partial charge in [0.05, 0.1) is 0 Å². The van der Waals surface area contributed by atoms with Crippen molar-refractivity contribution in [3.8, 4) is 0 Å². The smallest absolute Gasteiger partial charge is 0.326 e. The summed E-state index contributed by atoms with van der Waals surface area (Å²) in [7, 11) is 0. The quantitative estimate of drug-likeness (QED) is 0.692. The Morgan fingerprint density at radius 1 is 1.47 bits per heavy atom. The van der Waals surface area contributed by atoms with Gasteiger partial charge in [-0.15, -0.1) is 0 Å². The monoisotopic (exact) mass is 243 g/mol. The zero-order valence-electron chi connectivity index (χ0n) is 9.76. The van der Waals surface area contributed by atoms with Crippen molar-refractivity contribution >= 4 is 17.9 Å². The van der Waals surface area contributed by atoms with Crippen LogP contribution in [0.4, 0.5) is 4.79 Å². The summed E-state index contributed by atoms with van der Waals surface area (Å²) in [6.07, 6.45) is 1.12. The fourth-order valence-electron chi connectivity index (χ4n) is 1.94. The maximum absolute atomic E-state index is 12.0. The molecule has 1 aliphatic rings. The van der Waals surface area contributed by atoms with Gasteiger partial charge in [-0.05, 0) is 19.8 Å². The number of likely N-dealkylation sites (tertiary alicyclic amines) is 1. The van der Waals surface area contributed by atoms with Crippen LogP contribution in [0.3, 0.4) is 0 Å². The molecule has 1 saturated heterocycles. The third-order valence-corrected chi connectivity index (χ3v) is 2.78. The van der Waals surface area contributed by atoms with Crippen LogP contribution >= 0.6 is 0 Å². The van der Waals surface area contributed by atoms with E-state index in [0.29, 0.717) is 25.9 Å². The minimum Gasteiger partial charge on any atom is -0.480 e. The molecule has 17 heavy (non-hydrogen) atoms. The molecule has 3 N–H and O–H groups in total. The lowest BCUT2D eigenvalue weighted by molar-refractivity contribution is -0.141. The van der Waals surface area contributed by atoms with Crippen LogP contribution in [0.15, 0.2) is 0 Å². The maximum Gasteiger partial charge on any atom is 0.326 e. The minimum absolute atomic E-state index is 0.182. The first kappa shape index (κ1) is 13.3. The van der Waals surface area contributed by atoms with E-state index in [-0.39, 0.29) is 6.54 Å². The molecule has 1 heterocycles. The number of nitrogens with two attached hydrogens (primary N) is 1. The average Bonchev–Trinajstić information content (AvgIpc) is 2.73. The third kappa shape index (κ3) is 3.08. The Balaban J connectivity index is 2.73. The number of primary amides is 1. The Morgan fingerprint density at radius 2 is 2.12 bits per heavy atom. The molecule has 0 aromatic carbocycles. The molecular formula is C10H17N3O4. The van der Waals surface area contributed by atoms with Gasteiger partial charge in [0.25, 0.3) is 0 Å². The number of carboxylic acid groups (broad SMARTS) is 1. The van der Waals surface area contributed by atoms with Crippen molar-refractivity contribution in [2.45, 2.75) is 25.8 Å². The van der Waals surface area contributed by atoms with Gasteiger partial charge < -0.3 is 20.6 Å². The highest BCUT2D eigenvalue weighted by atomic mass is 16.4. The van der Waals surface area contributed by atoms with Crippen LogP contribution in [0.2, 0.25) is 0 Å². The van der Waals surface area contributed by atoms with E-state index in [9.17, 15) is 14.4 Å². The second-order valence-corrected chi connectivity index (χ2v) is 3.95. The molecule has 3 amide bonds. The lowest BCUT2D eigenvalue weighted by Gasteiger charge is -2.28. The van der Waals surface area contributed by atoms with E-state index < -0.39 is 23.9 Å². The fraction of sp³-hybridized carbons (Fsp3) is 0.700. The molecule has 0 spiro atoms. The number of likely N-dealkylation sites (N-methyl/N-ethyl adjacent to an activating group) is 1. The van der Waals surface area contributed by atoms with E-state index in [1.807, 2.05) is 0 Å². The van der Waals surface area contributed by atoms with Gasteiger partial charge in [-0.2, -0.15) is 0 Å². The summed E-state index contributed by atoms with van der Waals surface area (Å²) in [5.74, 6) is -1.61. The molecule has 1 fully saturated rings. The van der Waals surface area contributed by atoms with E-state index in [1.165, 1.54) is 9.80 Å². The van der Waals surface area contributed by atoms with Crippen LogP contribution in [0.1, 0.15) is 19.8 Å². The number of carbonyl (C=O) groups is 3. The summed E-state index contributed by atoms with van der Waals surface area (Å²) in [5.41, 5.74) is 5.03. The summed E-state index contributed by atoms with van der Waals surface area (Å²) >= 11 is 0. The van der Waals surface area contributed by atoms with E-state index in [0.717, 1.165) is 0 Å². The lowest BCUT2D eigenvalue weighted by atomic mass is 10.2. The largest absolute Gasteiger partial charge is 0.480 e. The summed E-state index contributed by atoms with van der Waals surface area (Å²) in [6, 6.07) is -1.22. The second kappa shape index (κ2) is 5.51. The summed E-state index contributed by atoms with van der Waals surface area (Å²) in [6.45, 7) is 2.26. The van der Waals surface area contributed by atoms with E-state index in [2.05, 4.69) is 0 Å². The maximum atomic E-state index is 12.0. The van der Waals surface area contributed by atoms with Crippen LogP contribution in [0.5, 0.6) is 0 Å². The van der Waals surface area contributed by atoms with Gasteiger partial charge in [-0.3, -0.25) is 4.79 Å². The molecular weight excluding hydrogens is 226 g/mol. The topological polar surface area (TPSA) is 104 Å².